The van der Waals surface area contributed by atoms with Crippen LogP contribution in [0, 0.1) is 5.41 Å². The fraction of sp³-hybridized carbons (Fsp3) is 0.391. The number of rotatable bonds is 10. The minimum atomic E-state index is -0.548. The van der Waals surface area contributed by atoms with Crippen LogP contribution in [0.1, 0.15) is 44.7 Å². The van der Waals surface area contributed by atoms with Gasteiger partial charge in [-0.2, -0.15) is 0 Å². The van der Waals surface area contributed by atoms with E-state index in [1.807, 2.05) is 81.4 Å². The normalized spacial score (nSPS) is 12.4. The first-order valence-corrected chi connectivity index (χ1v) is 9.51. The summed E-state index contributed by atoms with van der Waals surface area (Å²) in [6.07, 6.45) is 0.876. The summed E-state index contributed by atoms with van der Waals surface area (Å²) in [6, 6.07) is 19.6. The highest BCUT2D eigenvalue weighted by Gasteiger charge is 2.31. The number of benzene rings is 2. The van der Waals surface area contributed by atoms with Gasteiger partial charge in [-0.05, 0) is 24.5 Å². The molecular weight excluding hydrogens is 336 g/mol. The van der Waals surface area contributed by atoms with E-state index in [9.17, 15) is 9.59 Å². The second-order valence-electron chi connectivity index (χ2n) is 7.60. The average Bonchev–Trinajstić information content (AvgIpc) is 2.70. The topological polar surface area (TPSA) is 58.2 Å². The van der Waals surface area contributed by atoms with Crippen molar-refractivity contribution in [3.05, 3.63) is 71.8 Å². The minimum Gasteiger partial charge on any atom is -0.352 e. The maximum absolute atomic E-state index is 12.8. The fourth-order valence-electron chi connectivity index (χ4n) is 2.98. The molecule has 0 aliphatic carbocycles. The minimum absolute atomic E-state index is 0.0235. The molecular formula is C23H30N2O2. The lowest BCUT2D eigenvalue weighted by molar-refractivity contribution is -0.130. The molecule has 1 atom stereocenters. The van der Waals surface area contributed by atoms with Crippen molar-refractivity contribution in [2.45, 2.75) is 52.7 Å². The monoisotopic (exact) mass is 366 g/mol. The Hall–Kier alpha value is -2.46. The number of hydrogen-bond acceptors (Lipinski definition) is 3. The fourth-order valence-corrected chi connectivity index (χ4v) is 2.98. The van der Waals surface area contributed by atoms with Crippen LogP contribution >= 0.6 is 0 Å². The van der Waals surface area contributed by atoms with E-state index in [1.165, 1.54) is 0 Å². The summed E-state index contributed by atoms with van der Waals surface area (Å²) >= 11 is 0. The molecule has 0 saturated heterocycles. The molecule has 2 N–H and O–H groups in total. The zero-order valence-corrected chi connectivity index (χ0v) is 16.5. The molecule has 0 aliphatic heterocycles. The van der Waals surface area contributed by atoms with Crippen molar-refractivity contribution >= 4 is 11.7 Å². The number of Topliss-reactive ketones (excluding diaryl/α,β-unsaturated/α-hetero) is 1. The van der Waals surface area contributed by atoms with E-state index in [-0.39, 0.29) is 17.7 Å². The summed E-state index contributed by atoms with van der Waals surface area (Å²) in [5.74, 6) is 0.110. The Morgan fingerprint density at radius 2 is 1.41 bits per heavy atom. The molecule has 0 bridgehead atoms. The number of nitrogens with one attached hydrogen (secondary N) is 2. The van der Waals surface area contributed by atoms with Crippen LogP contribution < -0.4 is 10.6 Å². The van der Waals surface area contributed by atoms with Crippen LogP contribution in [0.5, 0.6) is 0 Å². The van der Waals surface area contributed by atoms with Crippen LogP contribution in [0.25, 0.3) is 0 Å². The Kier molecular flexibility index (Phi) is 7.74. The van der Waals surface area contributed by atoms with Crippen LogP contribution in [0.3, 0.4) is 0 Å². The van der Waals surface area contributed by atoms with Crippen molar-refractivity contribution < 1.29 is 9.59 Å². The molecule has 0 radical (unpaired) electrons. The van der Waals surface area contributed by atoms with Gasteiger partial charge in [0.05, 0.1) is 6.04 Å². The van der Waals surface area contributed by atoms with Gasteiger partial charge >= 0.3 is 0 Å². The molecule has 0 saturated carbocycles. The van der Waals surface area contributed by atoms with Gasteiger partial charge in [0.1, 0.15) is 0 Å². The third kappa shape index (κ3) is 6.99. The Labute approximate surface area is 162 Å². The number of ketones is 1. The summed E-state index contributed by atoms with van der Waals surface area (Å²) in [5.41, 5.74) is 1.67. The number of amides is 1. The van der Waals surface area contributed by atoms with E-state index >= 15 is 0 Å². The summed E-state index contributed by atoms with van der Waals surface area (Å²) in [4.78, 5) is 24.9. The van der Waals surface area contributed by atoms with Gasteiger partial charge in [0.2, 0.25) is 5.91 Å². The van der Waals surface area contributed by atoms with E-state index < -0.39 is 5.41 Å². The lowest BCUT2D eigenvalue weighted by Crippen LogP contribution is -2.42. The molecule has 2 aromatic rings. The third-order valence-corrected chi connectivity index (χ3v) is 4.83. The summed E-state index contributed by atoms with van der Waals surface area (Å²) < 4.78 is 0. The van der Waals surface area contributed by atoms with E-state index in [1.54, 1.807) is 0 Å². The largest absolute Gasteiger partial charge is 0.352 e. The Morgan fingerprint density at radius 1 is 0.889 bits per heavy atom. The van der Waals surface area contributed by atoms with Gasteiger partial charge in [0, 0.05) is 24.9 Å². The standard InChI is InChI=1S/C23H30N2O2/c1-18(24-16-19-10-6-4-7-11-19)22(27)23(2,3)15-14-21(26)25-17-20-12-8-5-9-13-20/h4-13,18,24H,14-17H2,1-3H3,(H,25,26). The zero-order chi connectivity index (χ0) is 19.7. The number of carbonyl (C=O) groups excluding carboxylic acids is 2. The highest BCUT2D eigenvalue weighted by molar-refractivity contribution is 5.89. The van der Waals surface area contributed by atoms with Gasteiger partial charge in [-0.15, -0.1) is 0 Å². The first-order chi connectivity index (χ1) is 12.9. The number of hydrogen-bond donors (Lipinski definition) is 2. The van der Waals surface area contributed by atoms with Gasteiger partial charge < -0.3 is 10.6 Å². The summed E-state index contributed by atoms with van der Waals surface area (Å²) in [6.45, 7) is 6.90. The molecule has 2 rings (SSSR count). The van der Waals surface area contributed by atoms with Crippen LogP contribution in [-0.4, -0.2) is 17.7 Å². The molecule has 4 heteroatoms. The highest BCUT2D eigenvalue weighted by Crippen LogP contribution is 2.25. The molecule has 0 aromatic heterocycles. The molecule has 0 fully saturated rings. The maximum Gasteiger partial charge on any atom is 0.220 e. The molecule has 27 heavy (non-hydrogen) atoms. The van der Waals surface area contributed by atoms with E-state index in [0.29, 0.717) is 25.9 Å². The van der Waals surface area contributed by atoms with Gasteiger partial charge in [0.15, 0.2) is 5.78 Å². The smallest absolute Gasteiger partial charge is 0.220 e. The van der Waals surface area contributed by atoms with Crippen LogP contribution in [-0.2, 0) is 22.7 Å². The van der Waals surface area contributed by atoms with Crippen LogP contribution in [0.15, 0.2) is 60.7 Å². The van der Waals surface area contributed by atoms with Crippen molar-refractivity contribution in [3.63, 3.8) is 0 Å². The van der Waals surface area contributed by atoms with Gasteiger partial charge in [-0.25, -0.2) is 0 Å². The van der Waals surface area contributed by atoms with Crippen LogP contribution in [0.4, 0.5) is 0 Å². The van der Waals surface area contributed by atoms with Crippen molar-refractivity contribution in [2.24, 2.45) is 5.41 Å². The summed E-state index contributed by atoms with van der Waals surface area (Å²) in [7, 11) is 0. The van der Waals surface area contributed by atoms with Crippen molar-refractivity contribution in [1.29, 1.82) is 0 Å². The lowest BCUT2D eigenvalue weighted by atomic mass is 9.80. The third-order valence-electron chi connectivity index (χ3n) is 4.83. The summed E-state index contributed by atoms with van der Waals surface area (Å²) in [5, 5.41) is 6.21. The first kappa shape index (κ1) is 20.8. The SMILES string of the molecule is CC(NCc1ccccc1)C(=O)C(C)(C)CCC(=O)NCc1ccccc1. The predicted octanol–water partition coefficient (Wildman–Crippen LogP) is 3.86. The molecule has 1 unspecified atom stereocenters. The van der Waals surface area contributed by atoms with Gasteiger partial charge in [-0.3, -0.25) is 9.59 Å². The Balaban J connectivity index is 1.76. The highest BCUT2D eigenvalue weighted by atomic mass is 16.1. The molecule has 0 spiro atoms. The van der Waals surface area contributed by atoms with Gasteiger partial charge in [-0.1, -0.05) is 74.5 Å². The Bertz CT molecular complexity index is 727. The molecule has 144 valence electrons. The van der Waals surface area contributed by atoms with E-state index in [2.05, 4.69) is 10.6 Å². The van der Waals surface area contributed by atoms with Crippen molar-refractivity contribution in [1.82, 2.24) is 10.6 Å². The molecule has 0 heterocycles. The lowest BCUT2D eigenvalue weighted by Gasteiger charge is -2.27. The molecule has 1 amide bonds. The van der Waals surface area contributed by atoms with Crippen LogP contribution in [0.2, 0.25) is 0 Å². The average molecular weight is 367 g/mol. The molecule has 4 nitrogen and oxygen atoms in total. The maximum atomic E-state index is 12.8. The quantitative estimate of drug-likeness (QED) is 0.671. The second kappa shape index (κ2) is 10.0. The predicted molar refractivity (Wildman–Crippen MR) is 109 cm³/mol. The number of carbonyl (C=O) groups is 2. The van der Waals surface area contributed by atoms with E-state index in [0.717, 1.165) is 11.1 Å². The van der Waals surface area contributed by atoms with Gasteiger partial charge in [0.25, 0.3) is 0 Å². The second-order valence-corrected chi connectivity index (χ2v) is 7.60. The van der Waals surface area contributed by atoms with Crippen molar-refractivity contribution in [3.8, 4) is 0 Å². The van der Waals surface area contributed by atoms with E-state index in [4.69, 9.17) is 0 Å². The van der Waals surface area contributed by atoms with Crippen molar-refractivity contribution in [2.75, 3.05) is 0 Å². The molecule has 0 aliphatic rings. The first-order valence-electron chi connectivity index (χ1n) is 9.51. The molecule has 2 aromatic carbocycles. The zero-order valence-electron chi connectivity index (χ0n) is 16.5. The Morgan fingerprint density at radius 3 is 1.96 bits per heavy atom.